The van der Waals surface area contributed by atoms with Gasteiger partial charge in [-0.25, -0.2) is 0 Å². The van der Waals surface area contributed by atoms with Gasteiger partial charge in [-0.3, -0.25) is 0 Å². The minimum Gasteiger partial charge on any atom is -0.450 e. The third-order valence-corrected chi connectivity index (χ3v) is 5.83. The van der Waals surface area contributed by atoms with Gasteiger partial charge in [-0.15, -0.1) is 0 Å². The van der Waals surface area contributed by atoms with Crippen LogP contribution < -0.4 is 0 Å². The maximum atomic E-state index is 10.8. The van der Waals surface area contributed by atoms with E-state index in [2.05, 4.69) is 37.9 Å². The molecule has 1 N–H and O–H groups in total. The van der Waals surface area contributed by atoms with Crippen LogP contribution in [-0.4, -0.2) is 5.11 Å². The van der Waals surface area contributed by atoms with Gasteiger partial charge in [0.05, 0.1) is 10.5 Å². The average molecular weight is 411 g/mol. The molecule has 1 aromatic carbocycles. The first-order valence-electron chi connectivity index (χ1n) is 6.71. The molecule has 108 valence electrons. The lowest BCUT2D eigenvalue weighted by atomic mass is 9.67. The van der Waals surface area contributed by atoms with Crippen molar-refractivity contribution < 1.29 is 9.52 Å². The van der Waals surface area contributed by atoms with E-state index >= 15 is 0 Å². The summed E-state index contributed by atoms with van der Waals surface area (Å²) >= 11 is 6.62. The molecule has 21 heavy (non-hydrogen) atoms. The number of furan rings is 1. The lowest BCUT2D eigenvalue weighted by Gasteiger charge is -2.36. The van der Waals surface area contributed by atoms with Gasteiger partial charge in [0, 0.05) is 0 Å². The number of benzene rings is 1. The van der Waals surface area contributed by atoms with E-state index < -0.39 is 11.5 Å². The summed E-state index contributed by atoms with van der Waals surface area (Å²) in [5.41, 5.74) is 1.09. The molecule has 0 saturated carbocycles. The molecule has 1 aliphatic rings. The highest BCUT2D eigenvalue weighted by Crippen LogP contribution is 2.47. The highest BCUT2D eigenvalue weighted by Gasteiger charge is 2.45. The van der Waals surface area contributed by atoms with Gasteiger partial charge in [0.1, 0.15) is 17.3 Å². The van der Waals surface area contributed by atoms with Gasteiger partial charge in [-0.1, -0.05) is 24.3 Å². The Bertz CT molecular complexity index is 700. The molecule has 2 unspecified atom stereocenters. The van der Waals surface area contributed by atoms with Crippen molar-refractivity contribution in [2.75, 3.05) is 0 Å². The van der Waals surface area contributed by atoms with E-state index in [0.717, 1.165) is 28.4 Å². The number of rotatable bonds is 2. The average Bonchev–Trinajstić information content (AvgIpc) is 2.85. The lowest BCUT2D eigenvalue weighted by Crippen LogP contribution is -2.35. The van der Waals surface area contributed by atoms with Gasteiger partial charge in [-0.05, 0) is 68.3 Å². The van der Waals surface area contributed by atoms with Crippen molar-refractivity contribution in [2.45, 2.75) is 30.8 Å². The van der Waals surface area contributed by atoms with E-state index in [1.165, 1.54) is 0 Å². The van der Waals surface area contributed by atoms with Gasteiger partial charge in [0.15, 0.2) is 4.67 Å². The Hall–Kier alpha value is -1.09. The predicted octanol–water partition coefficient (Wildman–Crippen LogP) is 4.64. The Kier molecular flexibility index (Phi) is 3.96. The zero-order chi connectivity index (χ0) is 15.0. The first-order valence-corrected chi connectivity index (χ1v) is 8.29. The molecule has 0 radical (unpaired) electrons. The monoisotopic (exact) mass is 409 g/mol. The van der Waals surface area contributed by atoms with Crippen molar-refractivity contribution in [1.29, 1.82) is 5.26 Å². The fraction of sp³-hybridized carbons (Fsp3) is 0.312. The Morgan fingerprint density at radius 3 is 2.76 bits per heavy atom. The van der Waals surface area contributed by atoms with Crippen LogP contribution in [0.2, 0.25) is 0 Å². The molecular formula is C16H13Br2NO2. The predicted molar refractivity (Wildman–Crippen MR) is 85.7 cm³/mol. The van der Waals surface area contributed by atoms with Crippen LogP contribution in [0.15, 0.2) is 43.9 Å². The smallest absolute Gasteiger partial charge is 0.183 e. The van der Waals surface area contributed by atoms with Crippen molar-refractivity contribution in [3.05, 3.63) is 56.4 Å². The standard InChI is InChI=1S/C16H13Br2NO2/c17-12-8-13(21-15(12)18)14(20)16(9-19)7-3-5-10-4-1-2-6-11(10)16/h1-2,4,6,8,14,20H,3,5,7H2. The van der Waals surface area contributed by atoms with Crippen LogP contribution >= 0.6 is 31.9 Å². The van der Waals surface area contributed by atoms with E-state index in [9.17, 15) is 10.4 Å². The Balaban J connectivity index is 2.12. The van der Waals surface area contributed by atoms with Crippen LogP contribution in [0.25, 0.3) is 0 Å². The highest BCUT2D eigenvalue weighted by atomic mass is 79.9. The molecule has 0 amide bonds. The Morgan fingerprint density at radius 2 is 2.10 bits per heavy atom. The van der Waals surface area contributed by atoms with E-state index in [4.69, 9.17) is 4.42 Å². The quantitative estimate of drug-likeness (QED) is 0.784. The van der Waals surface area contributed by atoms with Crippen LogP contribution in [0, 0.1) is 11.3 Å². The van der Waals surface area contributed by atoms with Crippen molar-refractivity contribution in [3.63, 3.8) is 0 Å². The molecule has 0 spiro atoms. The van der Waals surface area contributed by atoms with Gasteiger partial charge < -0.3 is 9.52 Å². The number of nitrogens with zero attached hydrogens (tertiary/aromatic N) is 1. The number of hydrogen-bond donors (Lipinski definition) is 1. The number of aliphatic hydroxyl groups is 1. The fourth-order valence-electron chi connectivity index (χ4n) is 3.07. The van der Waals surface area contributed by atoms with E-state index in [1.54, 1.807) is 6.07 Å². The van der Waals surface area contributed by atoms with E-state index in [-0.39, 0.29) is 0 Å². The summed E-state index contributed by atoms with van der Waals surface area (Å²) in [4.78, 5) is 0. The molecule has 1 aliphatic carbocycles. The molecule has 3 nitrogen and oxygen atoms in total. The minimum absolute atomic E-state index is 0.395. The highest BCUT2D eigenvalue weighted by molar-refractivity contribution is 9.13. The van der Waals surface area contributed by atoms with Crippen molar-refractivity contribution in [1.82, 2.24) is 0 Å². The number of aryl methyl sites for hydroxylation is 1. The summed E-state index contributed by atoms with van der Waals surface area (Å²) in [7, 11) is 0. The van der Waals surface area contributed by atoms with E-state index in [1.807, 2.05) is 24.3 Å². The lowest BCUT2D eigenvalue weighted by molar-refractivity contribution is 0.0773. The van der Waals surface area contributed by atoms with Gasteiger partial charge in [0.25, 0.3) is 0 Å². The molecule has 0 bridgehead atoms. The van der Waals surface area contributed by atoms with Gasteiger partial charge >= 0.3 is 0 Å². The number of hydrogen-bond acceptors (Lipinski definition) is 3. The van der Waals surface area contributed by atoms with Crippen molar-refractivity contribution in [2.24, 2.45) is 0 Å². The van der Waals surface area contributed by atoms with E-state index in [0.29, 0.717) is 16.9 Å². The summed E-state index contributed by atoms with van der Waals surface area (Å²) < 4.78 is 6.79. The zero-order valence-electron chi connectivity index (χ0n) is 11.1. The first-order chi connectivity index (χ1) is 10.1. The first kappa shape index (κ1) is 14.8. The van der Waals surface area contributed by atoms with Crippen LogP contribution in [-0.2, 0) is 11.8 Å². The molecule has 0 fully saturated rings. The molecule has 3 rings (SSSR count). The summed E-state index contributed by atoms with van der Waals surface area (Å²) in [5.74, 6) is 0.395. The second kappa shape index (κ2) is 5.60. The third-order valence-electron chi connectivity index (χ3n) is 4.12. The Morgan fingerprint density at radius 1 is 1.33 bits per heavy atom. The maximum Gasteiger partial charge on any atom is 0.183 e. The molecule has 1 aromatic heterocycles. The third kappa shape index (κ3) is 2.36. The number of aliphatic hydroxyl groups excluding tert-OH is 1. The van der Waals surface area contributed by atoms with Gasteiger partial charge in [-0.2, -0.15) is 5.26 Å². The molecule has 2 aromatic rings. The van der Waals surface area contributed by atoms with Crippen molar-refractivity contribution >= 4 is 31.9 Å². The second-order valence-corrected chi connectivity index (χ2v) is 6.84. The van der Waals surface area contributed by atoms with Gasteiger partial charge in [0.2, 0.25) is 0 Å². The van der Waals surface area contributed by atoms with Crippen LogP contribution in [0.1, 0.15) is 35.8 Å². The normalized spacial score (nSPS) is 22.4. The number of fused-ring (bicyclic) bond motifs is 1. The SMILES string of the molecule is N#CC1(C(O)c2cc(Br)c(Br)o2)CCCc2ccccc21. The maximum absolute atomic E-state index is 10.8. The zero-order valence-corrected chi connectivity index (χ0v) is 14.3. The van der Waals surface area contributed by atoms with Crippen molar-refractivity contribution in [3.8, 4) is 6.07 Å². The molecular weight excluding hydrogens is 398 g/mol. The van der Waals surface area contributed by atoms with Crippen LogP contribution in [0.5, 0.6) is 0 Å². The summed E-state index contributed by atoms with van der Waals surface area (Å²) in [6, 6.07) is 11.9. The second-order valence-electron chi connectivity index (χ2n) is 5.27. The Labute approximate surface area is 139 Å². The number of nitriles is 1. The van der Waals surface area contributed by atoms with Crippen LogP contribution in [0.4, 0.5) is 0 Å². The topological polar surface area (TPSA) is 57.2 Å². The summed E-state index contributed by atoms with van der Waals surface area (Å²) in [5, 5.41) is 20.6. The molecule has 0 saturated heterocycles. The molecule has 1 heterocycles. The fourth-order valence-corrected chi connectivity index (χ4v) is 3.68. The minimum atomic E-state index is -0.994. The number of halogens is 2. The summed E-state index contributed by atoms with van der Waals surface area (Å²) in [6.45, 7) is 0. The summed E-state index contributed by atoms with van der Waals surface area (Å²) in [6.07, 6.45) is 1.45. The molecule has 5 heteroatoms. The van der Waals surface area contributed by atoms with Crippen LogP contribution in [0.3, 0.4) is 0 Å². The largest absolute Gasteiger partial charge is 0.450 e. The molecule has 2 atom stereocenters. The molecule has 0 aliphatic heterocycles.